The molecule has 20 atom stereocenters. The van der Waals surface area contributed by atoms with Crippen LogP contribution in [0.25, 0.3) is 0 Å². The van der Waals surface area contributed by atoms with Crippen LogP contribution in [0.4, 0.5) is 0 Å². The van der Waals surface area contributed by atoms with Crippen molar-refractivity contribution in [3.63, 3.8) is 0 Å². The lowest BCUT2D eigenvalue weighted by atomic mass is 9.42. The van der Waals surface area contributed by atoms with Crippen LogP contribution in [0, 0.1) is 80.8 Å². The summed E-state index contributed by atoms with van der Waals surface area (Å²) in [5.74, 6) is 3.42. The van der Waals surface area contributed by atoms with Crippen molar-refractivity contribution in [1.82, 2.24) is 20.9 Å². The first kappa shape index (κ1) is 70.1. The quantitative estimate of drug-likeness (QED) is 0.0250. The van der Waals surface area contributed by atoms with Crippen LogP contribution in [-0.2, 0) is 28.7 Å². The fourth-order valence-corrected chi connectivity index (χ4v) is 23.7. The summed E-state index contributed by atoms with van der Waals surface area (Å²) in [6.07, 6.45) is 25.4. The molecule has 9 aliphatic carbocycles. The van der Waals surface area contributed by atoms with Gasteiger partial charge in [0.05, 0.1) is 30.0 Å². The van der Waals surface area contributed by atoms with Crippen molar-refractivity contribution in [2.75, 3.05) is 39.4 Å². The van der Waals surface area contributed by atoms with Gasteiger partial charge in [-0.15, -0.1) is 0 Å². The number of Topliss-reactive ketones (excluding diaryl/α,β-unsaturated/α-hetero) is 1. The first-order chi connectivity index (χ1) is 46.5. The van der Waals surface area contributed by atoms with Gasteiger partial charge in [0.1, 0.15) is 13.2 Å². The molecule has 2 heterocycles. The Balaban J connectivity index is 0.545. The number of nitrogens with one attached hydrogen (secondary N) is 3. The number of aliphatic hydroxyl groups is 3. The molecule has 2 aliphatic heterocycles. The number of cyclic esters (lactones) is 1. The fourth-order valence-electron chi connectivity index (χ4n) is 23.7. The van der Waals surface area contributed by atoms with E-state index in [4.69, 9.17) is 9.47 Å². The second-order valence-corrected chi connectivity index (χ2v) is 33.7. The van der Waals surface area contributed by atoms with Gasteiger partial charge in [0, 0.05) is 66.7 Å². The molecule has 5 unspecified atom stereocenters. The highest BCUT2D eigenvalue weighted by Crippen LogP contribution is 2.71. The van der Waals surface area contributed by atoms with Crippen molar-refractivity contribution in [3.8, 4) is 0 Å². The number of hydrogen-bond acceptors (Lipinski definition) is 12. The predicted molar refractivity (Wildman–Crippen MR) is 374 cm³/mol. The minimum Gasteiger partial charge on any atom is -0.458 e. The molecule has 0 bridgehead atoms. The molecule has 1 saturated heterocycles. The average molecular weight is 1330 g/mol. The van der Waals surface area contributed by atoms with Crippen LogP contribution in [0.5, 0.6) is 0 Å². The van der Waals surface area contributed by atoms with Crippen LogP contribution < -0.4 is 16.0 Å². The molecule has 11 aliphatic rings. The summed E-state index contributed by atoms with van der Waals surface area (Å²) >= 11 is 0. The van der Waals surface area contributed by atoms with Crippen LogP contribution in [-0.4, -0.2) is 131 Å². The van der Waals surface area contributed by atoms with Gasteiger partial charge in [-0.2, -0.15) is 0 Å². The number of amides is 3. The van der Waals surface area contributed by atoms with Gasteiger partial charge in [0.25, 0.3) is 5.91 Å². The number of likely N-dealkylation sites (tertiary alicyclic amines) is 1. The number of rotatable bonds is 24. The van der Waals surface area contributed by atoms with E-state index in [1.165, 1.54) is 44.1 Å². The smallest absolute Gasteiger partial charge is 0.331 e. The molecule has 1 spiro atoms. The van der Waals surface area contributed by atoms with Crippen LogP contribution in [0.15, 0.2) is 89.0 Å². The number of unbranched alkanes of at least 4 members (excludes halogenated alkanes) is 3. The van der Waals surface area contributed by atoms with Gasteiger partial charge in [-0.1, -0.05) is 106 Å². The third kappa shape index (κ3) is 13.3. The molecule has 2 aromatic carbocycles. The second kappa shape index (κ2) is 28.6. The van der Waals surface area contributed by atoms with Gasteiger partial charge in [-0.05, 0) is 254 Å². The number of carbonyl (C=O) groups excluding carboxylic acids is 6. The number of fused-ring (bicyclic) bond motifs is 11. The molecule has 15 heteroatoms. The highest BCUT2D eigenvalue weighted by Gasteiger charge is 2.71. The molecule has 0 radical (unpaired) electrons. The van der Waals surface area contributed by atoms with Crippen LogP contribution in [0.3, 0.4) is 0 Å². The third-order valence-electron chi connectivity index (χ3n) is 29.0. The highest BCUT2D eigenvalue weighted by molar-refractivity contribution is 6.09. The molecule has 6 N–H and O–H groups in total. The van der Waals surface area contributed by atoms with Crippen LogP contribution >= 0.6 is 0 Å². The fraction of sp³-hybridized carbons (Fsp3) is 0.707. The maximum absolute atomic E-state index is 14.5. The summed E-state index contributed by atoms with van der Waals surface area (Å²) in [6, 6.07) is 15.5. The molecule has 13 rings (SSSR count). The van der Waals surface area contributed by atoms with E-state index in [1.54, 1.807) is 53.6 Å². The monoisotopic (exact) mass is 1330 g/mol. The SMILES string of the molecule is CC1=C2C[C@H]3[C@@H](CC=C4C[C@@H](O)CC[C@@]43C)[C@@H]2CCC12C[C@@H]1C[C@H](C)CN(CCCC(=O)C(CCCCNC(=O)CCCCCNC(=O)COC3CC[C@@]4(C)[C@H](CC[C@@H]5[C@@H]4CC(O)[C@]4(C)[C@@H](C6=CC(=O)OC6)CC[C@]54O)C3)NC(=O)c3ccc(C(=O)c4ccccc4)cc3)[C@H]1C2C. The van der Waals surface area contributed by atoms with Crippen molar-refractivity contribution in [2.24, 2.45) is 80.8 Å². The lowest BCUT2D eigenvalue weighted by Crippen LogP contribution is -2.67. The molecule has 8 fully saturated rings. The zero-order valence-corrected chi connectivity index (χ0v) is 59.2. The van der Waals surface area contributed by atoms with Gasteiger partial charge in [-0.25, -0.2) is 4.79 Å². The number of esters is 1. The van der Waals surface area contributed by atoms with Crippen molar-refractivity contribution in [3.05, 3.63) is 106 Å². The number of hydrogen-bond donors (Lipinski definition) is 6. The molecule has 0 aromatic heterocycles. The number of aliphatic hydroxyl groups excluding tert-OH is 2. The van der Waals surface area contributed by atoms with E-state index in [0.717, 1.165) is 102 Å². The number of ether oxygens (including phenoxy) is 2. The number of piperidine rings is 1. The van der Waals surface area contributed by atoms with Gasteiger partial charge in [-0.3, -0.25) is 28.9 Å². The maximum Gasteiger partial charge on any atom is 0.331 e. The lowest BCUT2D eigenvalue weighted by Gasteiger charge is -2.65. The van der Waals surface area contributed by atoms with E-state index in [1.807, 2.05) is 25.1 Å². The summed E-state index contributed by atoms with van der Waals surface area (Å²) in [7, 11) is 0. The number of nitrogens with zero attached hydrogens (tertiary/aromatic N) is 1. The van der Waals surface area contributed by atoms with E-state index in [0.29, 0.717) is 123 Å². The van der Waals surface area contributed by atoms with E-state index in [2.05, 4.69) is 61.5 Å². The zero-order chi connectivity index (χ0) is 68.2. The molecule has 528 valence electrons. The Morgan fingerprint density at radius 1 is 0.753 bits per heavy atom. The van der Waals surface area contributed by atoms with E-state index >= 15 is 0 Å². The Hall–Kier alpha value is -5.32. The topological polar surface area (TPSA) is 221 Å². The van der Waals surface area contributed by atoms with E-state index in [9.17, 15) is 44.1 Å². The summed E-state index contributed by atoms with van der Waals surface area (Å²) in [5, 5.41) is 44.4. The Labute approximate surface area is 577 Å². The molecule has 7 saturated carbocycles. The minimum absolute atomic E-state index is 0.00337. The van der Waals surface area contributed by atoms with Crippen molar-refractivity contribution >= 4 is 35.3 Å². The standard InChI is InChI=1S/C82H114N4O11/c1-50-40-56-46-81(35-31-62-63-27-25-58-42-60(87)29-33-78(58,4)67(63)44-64(62)51(81)2)52(3)75(56)86(47-50)39-15-19-70(88)69(85-77(94)55-23-21-54(22-24-55)76(93)53-16-9-7-10-17-53)18-12-14-38-83-72(90)20-11-8-13-37-84-73(91)49-96-61-30-34-79(5)59(43-61)26-28-66-68(79)45-71(89)80(6)65(32-36-82(66,80)95)57-41-74(92)97-48-57/h7,9-10,16-17,21-25,41,50,52,56,59-63,65-69,71,75,87,89,95H,8,11-15,18-20,26-40,42-49H2,1-6H3,(H,83,90)(H,84,91)(H,85,94)/t50-,52?,56-,59+,60-,61?,62-,63-,65+,66+,67-,68-,69?,71?,75-,78-,79-,80-,81?,82-/m0/s1. The van der Waals surface area contributed by atoms with E-state index < -0.39 is 23.2 Å². The predicted octanol–water partition coefficient (Wildman–Crippen LogP) is 12.5. The highest BCUT2D eigenvalue weighted by atomic mass is 16.5. The third-order valence-corrected chi connectivity index (χ3v) is 29.0. The average Bonchev–Trinajstić information content (AvgIpc) is 1.64. The second-order valence-electron chi connectivity index (χ2n) is 33.7. The van der Waals surface area contributed by atoms with Crippen molar-refractivity contribution in [2.45, 2.75) is 244 Å². The maximum atomic E-state index is 14.5. The molecular weight excluding hydrogens is 1220 g/mol. The first-order valence-corrected chi connectivity index (χ1v) is 38.3. The normalized spacial score (nSPS) is 38.3. The van der Waals surface area contributed by atoms with Gasteiger partial charge >= 0.3 is 5.97 Å². The van der Waals surface area contributed by atoms with Gasteiger partial charge < -0.3 is 40.7 Å². The van der Waals surface area contributed by atoms with Gasteiger partial charge in [0.2, 0.25) is 11.8 Å². The summed E-state index contributed by atoms with van der Waals surface area (Å²) < 4.78 is 11.5. The molecular formula is C82H114N4O11. The Bertz CT molecular complexity index is 3360. The minimum atomic E-state index is -1.01. The number of ketones is 2. The Kier molecular flexibility index (Phi) is 20.7. The molecule has 3 amide bonds. The van der Waals surface area contributed by atoms with Gasteiger partial charge in [0.15, 0.2) is 11.6 Å². The summed E-state index contributed by atoms with van der Waals surface area (Å²) in [4.78, 5) is 82.5. The molecule has 15 nitrogen and oxygen atoms in total. The number of allylic oxidation sites excluding steroid dienone is 3. The Morgan fingerprint density at radius 3 is 2.28 bits per heavy atom. The number of benzene rings is 2. The summed E-state index contributed by atoms with van der Waals surface area (Å²) in [5.41, 5.74) is 6.02. The van der Waals surface area contributed by atoms with Crippen molar-refractivity contribution in [1.29, 1.82) is 0 Å². The van der Waals surface area contributed by atoms with E-state index in [-0.39, 0.29) is 94.7 Å². The first-order valence-electron chi connectivity index (χ1n) is 38.3. The molecule has 2 aromatic rings. The summed E-state index contributed by atoms with van der Waals surface area (Å²) in [6.45, 7) is 17.5. The van der Waals surface area contributed by atoms with Crippen LogP contribution in [0.1, 0.15) is 235 Å². The molecule has 97 heavy (non-hydrogen) atoms. The zero-order valence-electron chi connectivity index (χ0n) is 59.2. The van der Waals surface area contributed by atoms with Crippen molar-refractivity contribution < 1.29 is 53.6 Å². The number of carbonyl (C=O) groups is 6. The largest absolute Gasteiger partial charge is 0.458 e. The van der Waals surface area contributed by atoms with Crippen LogP contribution in [0.2, 0.25) is 0 Å². The Morgan fingerprint density at radius 2 is 1.51 bits per heavy atom. The lowest BCUT2D eigenvalue weighted by molar-refractivity contribution is -0.245.